The Hall–Kier alpha value is -2.56. The van der Waals surface area contributed by atoms with Gasteiger partial charge >= 0.3 is 0 Å². The molecule has 1 aliphatic rings. The summed E-state index contributed by atoms with van der Waals surface area (Å²) in [6.45, 7) is 7.09. The Morgan fingerprint density at radius 1 is 1.04 bits per heavy atom. The van der Waals surface area contributed by atoms with Crippen LogP contribution in [0.4, 0.5) is 17.1 Å². The monoisotopic (exact) mass is 352 g/mol. The Kier molecular flexibility index (Phi) is 6.10. The molecule has 2 N–H and O–H groups in total. The maximum absolute atomic E-state index is 12.0. The van der Waals surface area contributed by atoms with Crippen molar-refractivity contribution in [3.8, 4) is 0 Å². The number of benzene rings is 1. The summed E-state index contributed by atoms with van der Waals surface area (Å²) in [7, 11) is 0. The van der Waals surface area contributed by atoms with E-state index in [-0.39, 0.29) is 5.91 Å². The van der Waals surface area contributed by atoms with Gasteiger partial charge < -0.3 is 15.5 Å². The SMILES string of the molecule is CC(C)CNC(=O)c1ccc(Nc2ccc(N3CCCCC3)cc2)cn1. The second-order valence-electron chi connectivity index (χ2n) is 7.26. The first-order valence-electron chi connectivity index (χ1n) is 9.48. The second kappa shape index (κ2) is 8.70. The van der Waals surface area contributed by atoms with Crippen LogP contribution in [0.5, 0.6) is 0 Å². The number of carbonyl (C=O) groups excluding carboxylic acids is 1. The molecule has 1 aromatic heterocycles. The van der Waals surface area contributed by atoms with E-state index in [1.807, 2.05) is 6.07 Å². The molecule has 0 spiro atoms. The highest BCUT2D eigenvalue weighted by atomic mass is 16.1. The minimum Gasteiger partial charge on any atom is -0.372 e. The lowest BCUT2D eigenvalue weighted by molar-refractivity contribution is 0.0944. The molecule has 1 aliphatic heterocycles. The van der Waals surface area contributed by atoms with Gasteiger partial charge in [-0.1, -0.05) is 13.8 Å². The molecule has 0 radical (unpaired) electrons. The predicted molar refractivity (Wildman–Crippen MR) is 107 cm³/mol. The van der Waals surface area contributed by atoms with E-state index >= 15 is 0 Å². The first-order chi connectivity index (χ1) is 12.6. The molecule has 26 heavy (non-hydrogen) atoms. The van der Waals surface area contributed by atoms with Gasteiger partial charge in [-0.2, -0.15) is 0 Å². The summed E-state index contributed by atoms with van der Waals surface area (Å²) in [5, 5.41) is 6.22. The smallest absolute Gasteiger partial charge is 0.269 e. The van der Waals surface area contributed by atoms with Gasteiger partial charge in [0, 0.05) is 31.0 Å². The molecule has 0 saturated carbocycles. The van der Waals surface area contributed by atoms with Gasteiger partial charge in [-0.3, -0.25) is 4.79 Å². The first kappa shape index (κ1) is 18.2. The zero-order valence-corrected chi connectivity index (χ0v) is 15.7. The Labute approximate surface area is 155 Å². The Balaban J connectivity index is 1.57. The predicted octanol–water partition coefficient (Wildman–Crippen LogP) is 4.20. The molecule has 1 fully saturated rings. The number of pyridine rings is 1. The standard InChI is InChI=1S/C21H28N4O/c1-16(2)14-23-21(26)20-11-8-18(15-22-20)24-17-6-9-19(10-7-17)25-12-4-3-5-13-25/h6-11,15-16,24H,3-5,12-14H2,1-2H3,(H,23,26). The van der Waals surface area contributed by atoms with Crippen molar-refractivity contribution in [2.24, 2.45) is 5.92 Å². The lowest BCUT2D eigenvalue weighted by atomic mass is 10.1. The van der Waals surface area contributed by atoms with Crippen LogP contribution < -0.4 is 15.5 Å². The largest absolute Gasteiger partial charge is 0.372 e. The van der Waals surface area contributed by atoms with Gasteiger partial charge in [-0.15, -0.1) is 0 Å². The lowest BCUT2D eigenvalue weighted by Gasteiger charge is -2.28. The number of hydrogen-bond acceptors (Lipinski definition) is 4. The van der Waals surface area contributed by atoms with E-state index in [0.29, 0.717) is 18.2 Å². The number of nitrogens with one attached hydrogen (secondary N) is 2. The van der Waals surface area contributed by atoms with Crippen molar-refractivity contribution >= 4 is 23.0 Å². The summed E-state index contributed by atoms with van der Waals surface area (Å²) < 4.78 is 0. The van der Waals surface area contributed by atoms with E-state index in [4.69, 9.17) is 0 Å². The minimum atomic E-state index is -0.129. The molecular weight excluding hydrogens is 324 g/mol. The number of anilines is 3. The summed E-state index contributed by atoms with van der Waals surface area (Å²) in [5.41, 5.74) is 3.61. The van der Waals surface area contributed by atoms with Gasteiger partial charge in [0.2, 0.25) is 0 Å². The van der Waals surface area contributed by atoms with Crippen molar-refractivity contribution in [2.45, 2.75) is 33.1 Å². The number of carbonyl (C=O) groups is 1. The molecule has 5 heteroatoms. The van der Waals surface area contributed by atoms with Crippen LogP contribution in [0.3, 0.4) is 0 Å². The third-order valence-corrected chi connectivity index (χ3v) is 4.54. The van der Waals surface area contributed by atoms with E-state index < -0.39 is 0 Å². The molecule has 2 aromatic rings. The number of amides is 1. The van der Waals surface area contributed by atoms with E-state index in [9.17, 15) is 4.79 Å². The highest BCUT2D eigenvalue weighted by Gasteiger charge is 2.11. The van der Waals surface area contributed by atoms with Gasteiger partial charge in [0.25, 0.3) is 5.91 Å². The van der Waals surface area contributed by atoms with Gasteiger partial charge in [0.1, 0.15) is 5.69 Å². The summed E-state index contributed by atoms with van der Waals surface area (Å²) in [4.78, 5) is 18.7. The number of nitrogens with zero attached hydrogens (tertiary/aromatic N) is 2. The van der Waals surface area contributed by atoms with Crippen molar-refractivity contribution < 1.29 is 4.79 Å². The molecular formula is C21H28N4O. The minimum absolute atomic E-state index is 0.129. The van der Waals surface area contributed by atoms with E-state index in [2.05, 4.69) is 58.6 Å². The Bertz CT molecular complexity index is 704. The zero-order chi connectivity index (χ0) is 18.4. The van der Waals surface area contributed by atoms with Crippen LogP contribution in [0.1, 0.15) is 43.6 Å². The third-order valence-electron chi connectivity index (χ3n) is 4.54. The lowest BCUT2D eigenvalue weighted by Crippen LogP contribution is -2.29. The average Bonchev–Trinajstić information content (AvgIpc) is 2.68. The van der Waals surface area contributed by atoms with Gasteiger partial charge in [0.05, 0.1) is 11.9 Å². The third kappa shape index (κ3) is 4.97. The van der Waals surface area contributed by atoms with Gasteiger partial charge in [0.15, 0.2) is 0 Å². The van der Waals surface area contributed by atoms with Crippen molar-refractivity contribution in [2.75, 3.05) is 29.9 Å². The number of rotatable bonds is 6. The number of aromatic nitrogens is 1. The maximum Gasteiger partial charge on any atom is 0.269 e. The fraction of sp³-hybridized carbons (Fsp3) is 0.429. The maximum atomic E-state index is 12.0. The fourth-order valence-corrected chi connectivity index (χ4v) is 3.06. The van der Waals surface area contributed by atoms with E-state index in [0.717, 1.165) is 24.5 Å². The zero-order valence-electron chi connectivity index (χ0n) is 15.7. The summed E-state index contributed by atoms with van der Waals surface area (Å²) in [6, 6.07) is 12.1. The quantitative estimate of drug-likeness (QED) is 0.818. The molecule has 0 aliphatic carbocycles. The topological polar surface area (TPSA) is 57.3 Å². The van der Waals surface area contributed by atoms with Crippen molar-refractivity contribution in [3.63, 3.8) is 0 Å². The molecule has 5 nitrogen and oxygen atoms in total. The van der Waals surface area contributed by atoms with Gasteiger partial charge in [-0.25, -0.2) is 4.98 Å². The average molecular weight is 352 g/mol. The highest BCUT2D eigenvalue weighted by molar-refractivity contribution is 5.92. The summed E-state index contributed by atoms with van der Waals surface area (Å²) in [6.07, 6.45) is 5.60. The van der Waals surface area contributed by atoms with Crippen molar-refractivity contribution in [3.05, 3.63) is 48.3 Å². The van der Waals surface area contributed by atoms with E-state index in [1.165, 1.54) is 24.9 Å². The van der Waals surface area contributed by atoms with Crippen LogP contribution in [0.15, 0.2) is 42.6 Å². The molecule has 1 saturated heterocycles. The molecule has 2 heterocycles. The molecule has 0 bridgehead atoms. The van der Waals surface area contributed by atoms with Crippen molar-refractivity contribution in [1.29, 1.82) is 0 Å². The van der Waals surface area contributed by atoms with E-state index in [1.54, 1.807) is 12.3 Å². The number of hydrogen-bond donors (Lipinski definition) is 2. The Morgan fingerprint density at radius 2 is 1.73 bits per heavy atom. The second-order valence-corrected chi connectivity index (χ2v) is 7.26. The molecule has 1 amide bonds. The Morgan fingerprint density at radius 3 is 2.35 bits per heavy atom. The van der Waals surface area contributed by atoms with Crippen LogP contribution in [0.25, 0.3) is 0 Å². The first-order valence-corrected chi connectivity index (χ1v) is 9.48. The normalized spacial score (nSPS) is 14.3. The fourth-order valence-electron chi connectivity index (χ4n) is 3.06. The molecule has 0 unspecified atom stereocenters. The summed E-state index contributed by atoms with van der Waals surface area (Å²) in [5.74, 6) is 0.295. The van der Waals surface area contributed by atoms with Crippen LogP contribution >= 0.6 is 0 Å². The highest BCUT2D eigenvalue weighted by Crippen LogP contribution is 2.23. The number of piperidine rings is 1. The molecule has 1 aromatic carbocycles. The molecule has 0 atom stereocenters. The van der Waals surface area contributed by atoms with Gasteiger partial charge in [-0.05, 0) is 61.6 Å². The molecule has 138 valence electrons. The molecule has 3 rings (SSSR count). The van der Waals surface area contributed by atoms with Crippen LogP contribution in [-0.2, 0) is 0 Å². The van der Waals surface area contributed by atoms with Crippen LogP contribution in [-0.4, -0.2) is 30.5 Å². The van der Waals surface area contributed by atoms with Crippen LogP contribution in [0.2, 0.25) is 0 Å². The van der Waals surface area contributed by atoms with Crippen LogP contribution in [0, 0.1) is 5.92 Å². The summed E-state index contributed by atoms with van der Waals surface area (Å²) >= 11 is 0. The van der Waals surface area contributed by atoms with Crippen molar-refractivity contribution in [1.82, 2.24) is 10.3 Å².